The molecule has 1 heterocycles. The Balaban J connectivity index is 1.69. The van der Waals surface area contributed by atoms with Crippen molar-refractivity contribution in [3.8, 4) is 0 Å². The first-order valence-electron chi connectivity index (χ1n) is 12.0. The molecule has 3 rings (SSSR count). The smallest absolute Gasteiger partial charge is 0.242 e. The summed E-state index contributed by atoms with van der Waals surface area (Å²) in [4.78, 5) is 17.6. The molecule has 0 spiro atoms. The van der Waals surface area contributed by atoms with Gasteiger partial charge < -0.3 is 9.88 Å². The molecular weight excluding hydrogens is 448 g/mol. The second-order valence-electron chi connectivity index (χ2n) is 8.96. The van der Waals surface area contributed by atoms with E-state index in [9.17, 15) is 13.2 Å². The third kappa shape index (κ3) is 6.45. The summed E-state index contributed by atoms with van der Waals surface area (Å²) in [5.41, 5.74) is 2.81. The van der Waals surface area contributed by atoms with Gasteiger partial charge >= 0.3 is 0 Å². The van der Waals surface area contributed by atoms with Crippen molar-refractivity contribution in [3.63, 3.8) is 0 Å². The predicted molar refractivity (Wildman–Crippen MR) is 136 cm³/mol. The fraction of sp³-hybridized carbons (Fsp3) is 0.462. The summed E-state index contributed by atoms with van der Waals surface area (Å²) in [5, 5.41) is 3.10. The Morgan fingerprint density at radius 3 is 2.53 bits per heavy atom. The van der Waals surface area contributed by atoms with Crippen LogP contribution in [0, 0.1) is 0 Å². The second-order valence-corrected chi connectivity index (χ2v) is 11.1. The molecule has 0 saturated heterocycles. The summed E-state index contributed by atoms with van der Waals surface area (Å²) in [6, 6.07) is 15.4. The number of aryl methyl sites for hydroxylation is 3. The highest BCUT2D eigenvalue weighted by Gasteiger charge is 2.20. The number of nitrogens with one attached hydrogen (secondary N) is 1. The van der Waals surface area contributed by atoms with E-state index in [1.54, 1.807) is 12.1 Å². The summed E-state index contributed by atoms with van der Waals surface area (Å²) in [5.74, 6) is 0.820. The van der Waals surface area contributed by atoms with Crippen molar-refractivity contribution >= 4 is 27.0 Å². The van der Waals surface area contributed by atoms with Gasteiger partial charge in [0.05, 0.1) is 15.9 Å². The van der Waals surface area contributed by atoms with Crippen LogP contribution in [0.5, 0.6) is 0 Å². The molecule has 3 aromatic rings. The fourth-order valence-corrected chi connectivity index (χ4v) is 4.88. The van der Waals surface area contributed by atoms with Crippen LogP contribution < -0.4 is 5.32 Å². The molecular formula is C26H36N4O3S. The Morgan fingerprint density at radius 1 is 1.12 bits per heavy atom. The zero-order chi connectivity index (χ0) is 24.7. The first-order valence-corrected chi connectivity index (χ1v) is 13.4. The van der Waals surface area contributed by atoms with Crippen molar-refractivity contribution in [3.05, 3.63) is 59.9 Å². The molecule has 0 fully saturated rings. The maximum Gasteiger partial charge on any atom is 0.242 e. The maximum absolute atomic E-state index is 12.6. The van der Waals surface area contributed by atoms with Crippen LogP contribution in [0.4, 0.5) is 0 Å². The summed E-state index contributed by atoms with van der Waals surface area (Å²) in [6.07, 6.45) is 4.67. The highest BCUT2D eigenvalue weighted by Crippen LogP contribution is 2.23. The van der Waals surface area contributed by atoms with Gasteiger partial charge in [-0.2, -0.15) is 0 Å². The van der Waals surface area contributed by atoms with E-state index in [0.29, 0.717) is 18.4 Å². The quantitative estimate of drug-likeness (QED) is 0.418. The van der Waals surface area contributed by atoms with E-state index < -0.39 is 10.0 Å². The minimum Gasteiger partial charge on any atom is -0.354 e. The van der Waals surface area contributed by atoms with Crippen molar-refractivity contribution in [1.29, 1.82) is 0 Å². The number of aromatic nitrogens is 2. The van der Waals surface area contributed by atoms with Crippen LogP contribution in [-0.2, 0) is 34.2 Å². The van der Waals surface area contributed by atoms with E-state index in [-0.39, 0.29) is 16.8 Å². The minimum absolute atomic E-state index is 0.00512. The van der Waals surface area contributed by atoms with Gasteiger partial charge in [-0.3, -0.25) is 4.79 Å². The van der Waals surface area contributed by atoms with Crippen LogP contribution in [0.2, 0.25) is 0 Å². The van der Waals surface area contributed by atoms with E-state index >= 15 is 0 Å². The predicted octanol–water partition coefficient (Wildman–Crippen LogP) is 4.16. The van der Waals surface area contributed by atoms with Gasteiger partial charge in [0.2, 0.25) is 15.9 Å². The van der Waals surface area contributed by atoms with Crippen LogP contribution in [-0.4, -0.2) is 48.3 Å². The molecule has 0 aliphatic rings. The molecule has 1 aromatic heterocycles. The van der Waals surface area contributed by atoms with Crippen LogP contribution in [0.15, 0.2) is 53.4 Å². The lowest BCUT2D eigenvalue weighted by atomic mass is 10.1. The minimum atomic E-state index is -3.53. The van der Waals surface area contributed by atoms with Crippen LogP contribution >= 0.6 is 0 Å². The molecule has 1 amide bonds. The topological polar surface area (TPSA) is 84.3 Å². The zero-order valence-electron chi connectivity index (χ0n) is 20.6. The third-order valence-electron chi connectivity index (χ3n) is 6.00. The lowest BCUT2D eigenvalue weighted by Gasteiger charge is -2.14. The number of fused-ring (bicyclic) bond motifs is 1. The largest absolute Gasteiger partial charge is 0.354 e. The van der Waals surface area contributed by atoms with Crippen molar-refractivity contribution in [1.82, 2.24) is 19.2 Å². The molecule has 184 valence electrons. The second kappa shape index (κ2) is 11.6. The van der Waals surface area contributed by atoms with Gasteiger partial charge in [-0.1, -0.05) is 43.7 Å². The Bertz CT molecular complexity index is 1200. The number of carbonyl (C=O) groups excluding carboxylic acids is 1. The van der Waals surface area contributed by atoms with Gasteiger partial charge in [-0.15, -0.1) is 0 Å². The van der Waals surface area contributed by atoms with Crippen molar-refractivity contribution in [2.45, 2.75) is 69.9 Å². The van der Waals surface area contributed by atoms with Crippen molar-refractivity contribution < 1.29 is 13.2 Å². The first kappa shape index (κ1) is 25.9. The molecule has 0 radical (unpaired) electrons. The van der Waals surface area contributed by atoms with Gasteiger partial charge in [0.1, 0.15) is 5.82 Å². The van der Waals surface area contributed by atoms with Crippen LogP contribution in [0.25, 0.3) is 11.0 Å². The number of imidazole rings is 1. The molecule has 1 unspecified atom stereocenters. The summed E-state index contributed by atoms with van der Waals surface area (Å²) in [6.45, 7) is 4.95. The third-order valence-corrected chi connectivity index (χ3v) is 7.82. The molecule has 7 nitrogen and oxygen atoms in total. The van der Waals surface area contributed by atoms with E-state index in [4.69, 9.17) is 4.98 Å². The summed E-state index contributed by atoms with van der Waals surface area (Å²) >= 11 is 0. The van der Waals surface area contributed by atoms with Gasteiger partial charge in [-0.05, 0) is 49.9 Å². The molecule has 2 aromatic carbocycles. The number of hydrogen-bond acceptors (Lipinski definition) is 4. The number of rotatable bonds is 12. The monoisotopic (exact) mass is 484 g/mol. The molecule has 0 aliphatic carbocycles. The average molecular weight is 485 g/mol. The fourth-order valence-electron chi connectivity index (χ4n) is 3.96. The molecule has 0 bridgehead atoms. The zero-order valence-corrected chi connectivity index (χ0v) is 21.4. The number of benzene rings is 2. The van der Waals surface area contributed by atoms with Crippen molar-refractivity contribution in [2.24, 2.45) is 0 Å². The van der Waals surface area contributed by atoms with E-state index in [1.807, 2.05) is 31.2 Å². The normalized spacial score (nSPS) is 12.9. The summed E-state index contributed by atoms with van der Waals surface area (Å²) in [7, 11) is -0.498. The standard InChI is InChI=1S/C26H36N4O3S/c1-5-6-18-30-24-15-14-22(34(32,33)29(3)4)19-23(24)28-25(30)16-17-26(31)27-20(2)12-13-21-10-8-7-9-11-21/h7-11,14-15,19-20H,5-6,12-13,16-18H2,1-4H3,(H,27,31). The molecule has 34 heavy (non-hydrogen) atoms. The Labute approximate surface area is 203 Å². The number of amides is 1. The molecule has 1 atom stereocenters. The van der Waals surface area contributed by atoms with E-state index in [0.717, 1.165) is 43.6 Å². The number of carbonyl (C=O) groups is 1. The lowest BCUT2D eigenvalue weighted by molar-refractivity contribution is -0.121. The average Bonchev–Trinajstić information content (AvgIpc) is 3.17. The number of nitrogens with zero attached hydrogens (tertiary/aromatic N) is 3. The maximum atomic E-state index is 12.6. The van der Waals surface area contributed by atoms with Crippen molar-refractivity contribution in [2.75, 3.05) is 14.1 Å². The molecule has 1 N–H and O–H groups in total. The summed E-state index contributed by atoms with van der Waals surface area (Å²) < 4.78 is 28.4. The Hall–Kier alpha value is -2.71. The number of unbranched alkanes of at least 4 members (excludes halogenated alkanes) is 1. The van der Waals surface area contributed by atoms with E-state index in [1.165, 1.54) is 24.0 Å². The SMILES string of the molecule is CCCCn1c(CCC(=O)NC(C)CCc2ccccc2)nc2cc(S(=O)(=O)N(C)C)ccc21. The van der Waals surface area contributed by atoms with Gasteiger partial charge in [0.25, 0.3) is 0 Å². The van der Waals surface area contributed by atoms with Gasteiger partial charge in [0, 0.05) is 39.5 Å². The Kier molecular flexibility index (Phi) is 8.85. The molecule has 8 heteroatoms. The van der Waals surface area contributed by atoms with Gasteiger partial charge in [-0.25, -0.2) is 17.7 Å². The highest BCUT2D eigenvalue weighted by molar-refractivity contribution is 7.89. The molecule has 0 saturated carbocycles. The first-order chi connectivity index (χ1) is 16.2. The lowest BCUT2D eigenvalue weighted by Crippen LogP contribution is -2.33. The Morgan fingerprint density at radius 2 is 1.85 bits per heavy atom. The van der Waals surface area contributed by atoms with E-state index in [2.05, 4.69) is 28.9 Å². The number of sulfonamides is 1. The van der Waals surface area contributed by atoms with Crippen LogP contribution in [0.3, 0.4) is 0 Å². The molecule has 0 aliphatic heterocycles. The van der Waals surface area contributed by atoms with Gasteiger partial charge in [0.15, 0.2) is 0 Å². The number of hydrogen-bond donors (Lipinski definition) is 1. The van der Waals surface area contributed by atoms with Crippen LogP contribution in [0.1, 0.15) is 50.9 Å². The highest BCUT2D eigenvalue weighted by atomic mass is 32.2.